The molecule has 2 rings (SSSR count). The van der Waals surface area contributed by atoms with Crippen molar-refractivity contribution < 1.29 is 24.2 Å². The third kappa shape index (κ3) is 4.66. The normalized spacial score (nSPS) is 14.9. The van der Waals surface area contributed by atoms with Crippen LogP contribution in [0.5, 0.6) is 0 Å². The second-order valence-electron chi connectivity index (χ2n) is 5.94. The van der Waals surface area contributed by atoms with Gasteiger partial charge in [0.05, 0.1) is 23.4 Å². The van der Waals surface area contributed by atoms with E-state index in [2.05, 4.69) is 22.2 Å². The van der Waals surface area contributed by atoms with Crippen molar-refractivity contribution in [2.24, 2.45) is 4.99 Å². The molecule has 146 valence electrons. The summed E-state index contributed by atoms with van der Waals surface area (Å²) in [5, 5.41) is 14.2. The number of amides is 2. The van der Waals surface area contributed by atoms with Crippen molar-refractivity contribution in [1.29, 1.82) is 0 Å². The van der Waals surface area contributed by atoms with E-state index in [9.17, 15) is 14.4 Å². The number of methoxy groups -OCH3 is 1. The van der Waals surface area contributed by atoms with Crippen LogP contribution in [-0.2, 0) is 14.3 Å². The van der Waals surface area contributed by atoms with Crippen LogP contribution in [-0.4, -0.2) is 35.8 Å². The molecule has 0 radical (unpaired) electrons. The number of aliphatic imine (C=N–C) groups is 1. The third-order valence-electron chi connectivity index (χ3n) is 3.74. The van der Waals surface area contributed by atoms with Gasteiger partial charge in [-0.2, -0.15) is 4.99 Å². The molecule has 0 saturated carbocycles. The van der Waals surface area contributed by atoms with Crippen molar-refractivity contribution in [3.8, 4) is 0 Å². The number of carboxylic acid groups (broad SMARTS) is 1. The van der Waals surface area contributed by atoms with Crippen molar-refractivity contribution in [2.75, 3.05) is 12.4 Å². The van der Waals surface area contributed by atoms with E-state index in [4.69, 9.17) is 21.4 Å². The predicted molar refractivity (Wildman–Crippen MR) is 105 cm³/mol. The zero-order chi connectivity index (χ0) is 21.0. The molecule has 1 aromatic carbocycles. The number of carbonyl (C=O) groups excluding carboxylic acids is 2. The molecular formula is C19H18ClN3O5. The molecule has 0 fully saturated rings. The summed E-state index contributed by atoms with van der Waals surface area (Å²) in [6.45, 7) is 7.16. The molecule has 8 nitrogen and oxygen atoms in total. The van der Waals surface area contributed by atoms with Crippen molar-refractivity contribution in [3.63, 3.8) is 0 Å². The van der Waals surface area contributed by atoms with Gasteiger partial charge in [-0.15, -0.1) is 0 Å². The molecule has 1 aromatic rings. The Balaban J connectivity index is 2.40. The summed E-state index contributed by atoms with van der Waals surface area (Å²) in [5.41, 5.74) is 1.15. The molecule has 0 unspecified atom stereocenters. The monoisotopic (exact) mass is 403 g/mol. The fourth-order valence-electron chi connectivity index (χ4n) is 2.27. The van der Waals surface area contributed by atoms with Crippen molar-refractivity contribution >= 4 is 40.9 Å². The van der Waals surface area contributed by atoms with E-state index >= 15 is 0 Å². The Hall–Kier alpha value is -3.39. The lowest BCUT2D eigenvalue weighted by atomic mass is 10.0. The van der Waals surface area contributed by atoms with E-state index < -0.39 is 17.8 Å². The van der Waals surface area contributed by atoms with Gasteiger partial charge in [-0.25, -0.2) is 4.79 Å². The first-order valence-corrected chi connectivity index (χ1v) is 8.38. The number of nitrogens with zero attached hydrogens (tertiary/aromatic N) is 1. The van der Waals surface area contributed by atoms with Crippen LogP contribution in [0.1, 0.15) is 24.2 Å². The quantitative estimate of drug-likeness (QED) is 0.516. The molecule has 1 aliphatic heterocycles. The Morgan fingerprint density at radius 1 is 1.32 bits per heavy atom. The minimum Gasteiger partial charge on any atom is -0.481 e. The summed E-state index contributed by atoms with van der Waals surface area (Å²) in [4.78, 5) is 40.2. The number of ether oxygens (including phenoxy) is 1. The number of amidine groups is 1. The highest BCUT2D eigenvalue weighted by Gasteiger charge is 2.27. The second-order valence-corrected chi connectivity index (χ2v) is 6.35. The molecule has 9 heteroatoms. The SMILES string of the molecule is C=C(/N=C1/NC(=O)C(C(=O)Nc2cc(C(=O)O)ccc2Cl)=CC1=C(C)C)OC. The van der Waals surface area contributed by atoms with E-state index in [1.165, 1.54) is 31.4 Å². The first kappa shape index (κ1) is 20.9. The van der Waals surface area contributed by atoms with Crippen molar-refractivity contribution in [1.82, 2.24) is 5.32 Å². The van der Waals surface area contributed by atoms with Crippen molar-refractivity contribution in [3.05, 3.63) is 64.0 Å². The average molecular weight is 404 g/mol. The van der Waals surface area contributed by atoms with Gasteiger partial charge >= 0.3 is 5.97 Å². The van der Waals surface area contributed by atoms with E-state index in [0.29, 0.717) is 5.57 Å². The minimum atomic E-state index is -1.17. The van der Waals surface area contributed by atoms with E-state index in [1.54, 1.807) is 13.8 Å². The number of benzene rings is 1. The Labute approximate surface area is 166 Å². The van der Waals surface area contributed by atoms with E-state index in [0.717, 1.165) is 5.57 Å². The number of hydrogen-bond donors (Lipinski definition) is 3. The van der Waals surface area contributed by atoms with Crippen LogP contribution in [0.15, 0.2) is 58.4 Å². The molecule has 0 saturated heterocycles. The molecule has 0 spiro atoms. The fourth-order valence-corrected chi connectivity index (χ4v) is 2.44. The Bertz CT molecular complexity index is 972. The van der Waals surface area contributed by atoms with E-state index in [1.807, 2.05) is 0 Å². The molecule has 0 atom stereocenters. The Morgan fingerprint density at radius 2 is 2.00 bits per heavy atom. The topological polar surface area (TPSA) is 117 Å². The molecule has 1 aliphatic rings. The first-order chi connectivity index (χ1) is 13.1. The molecule has 3 N–H and O–H groups in total. The number of carboxylic acids is 1. The maximum atomic E-state index is 12.6. The smallest absolute Gasteiger partial charge is 0.335 e. The summed E-state index contributed by atoms with van der Waals surface area (Å²) in [6, 6.07) is 3.86. The maximum absolute atomic E-state index is 12.6. The van der Waals surface area contributed by atoms with Crippen LogP contribution < -0.4 is 10.6 Å². The van der Waals surface area contributed by atoms with Gasteiger partial charge in [0.25, 0.3) is 11.8 Å². The van der Waals surface area contributed by atoms with Crippen LogP contribution in [0, 0.1) is 0 Å². The standard InChI is InChI=1S/C19H18ClN3O5/c1-9(2)12-8-13(18(25)23-16(12)21-10(3)28-4)17(24)22-15-7-11(19(26)27)5-6-14(15)20/h5-8H,3H2,1-2,4H3,(H,22,24)(H,26,27)(H,21,23,25). The van der Waals surface area contributed by atoms with Gasteiger partial charge in [0.2, 0.25) is 5.88 Å². The zero-order valence-corrected chi connectivity index (χ0v) is 16.2. The highest BCUT2D eigenvalue weighted by Crippen LogP contribution is 2.25. The minimum absolute atomic E-state index is 0.0562. The number of allylic oxidation sites excluding steroid dienone is 1. The Morgan fingerprint density at radius 3 is 2.57 bits per heavy atom. The molecule has 2 amide bonds. The number of aromatic carboxylic acids is 1. The van der Waals surface area contributed by atoms with Gasteiger partial charge in [0.15, 0.2) is 0 Å². The molecule has 0 bridgehead atoms. The zero-order valence-electron chi connectivity index (χ0n) is 15.4. The lowest BCUT2D eigenvalue weighted by Crippen LogP contribution is -2.40. The van der Waals surface area contributed by atoms with Gasteiger partial charge in [0, 0.05) is 5.57 Å². The van der Waals surface area contributed by atoms with Crippen LogP contribution in [0.25, 0.3) is 0 Å². The van der Waals surface area contributed by atoms with Gasteiger partial charge in [-0.1, -0.05) is 17.2 Å². The third-order valence-corrected chi connectivity index (χ3v) is 4.07. The highest BCUT2D eigenvalue weighted by atomic mass is 35.5. The van der Waals surface area contributed by atoms with Gasteiger partial charge in [0.1, 0.15) is 11.4 Å². The number of nitrogens with one attached hydrogen (secondary N) is 2. The second kappa shape index (κ2) is 8.53. The summed E-state index contributed by atoms with van der Waals surface area (Å²) >= 11 is 6.02. The van der Waals surface area contributed by atoms with Gasteiger partial charge in [-0.05, 0) is 44.7 Å². The lowest BCUT2D eigenvalue weighted by molar-refractivity contribution is -0.120. The predicted octanol–water partition coefficient (Wildman–Crippen LogP) is 2.89. The lowest BCUT2D eigenvalue weighted by Gasteiger charge is -2.19. The Kier molecular flexibility index (Phi) is 6.37. The number of hydrogen-bond acceptors (Lipinski definition) is 5. The highest BCUT2D eigenvalue weighted by molar-refractivity contribution is 6.35. The summed E-state index contributed by atoms with van der Waals surface area (Å²) in [7, 11) is 1.39. The molecule has 28 heavy (non-hydrogen) atoms. The number of halogens is 1. The molecular weight excluding hydrogens is 386 g/mol. The fraction of sp³-hybridized carbons (Fsp3) is 0.158. The van der Waals surface area contributed by atoms with Crippen LogP contribution in [0.2, 0.25) is 5.02 Å². The van der Waals surface area contributed by atoms with Gasteiger partial charge < -0.3 is 20.5 Å². The molecule has 0 aliphatic carbocycles. The first-order valence-electron chi connectivity index (χ1n) is 8.00. The van der Waals surface area contributed by atoms with Crippen molar-refractivity contribution in [2.45, 2.75) is 13.8 Å². The molecule has 0 aromatic heterocycles. The summed E-state index contributed by atoms with van der Waals surface area (Å²) in [5.74, 6) is -2.30. The summed E-state index contributed by atoms with van der Waals surface area (Å²) in [6.07, 6.45) is 1.39. The number of carbonyl (C=O) groups is 3. The van der Waals surface area contributed by atoms with Crippen LogP contribution >= 0.6 is 11.6 Å². The maximum Gasteiger partial charge on any atom is 0.335 e. The van der Waals surface area contributed by atoms with Crippen LogP contribution in [0.3, 0.4) is 0 Å². The van der Waals surface area contributed by atoms with Gasteiger partial charge in [-0.3, -0.25) is 9.59 Å². The summed E-state index contributed by atoms with van der Waals surface area (Å²) < 4.78 is 4.89. The molecule has 1 heterocycles. The number of rotatable bonds is 5. The van der Waals surface area contributed by atoms with E-state index in [-0.39, 0.29) is 33.6 Å². The largest absolute Gasteiger partial charge is 0.481 e. The number of anilines is 1. The average Bonchev–Trinajstić information content (AvgIpc) is 2.62. The van der Waals surface area contributed by atoms with Crippen LogP contribution in [0.4, 0.5) is 5.69 Å².